The van der Waals surface area contributed by atoms with Crippen LogP contribution in [0.5, 0.6) is 0 Å². The summed E-state index contributed by atoms with van der Waals surface area (Å²) in [6, 6.07) is 4.90. The highest BCUT2D eigenvalue weighted by molar-refractivity contribution is 5.85. The average Bonchev–Trinajstić information content (AvgIpc) is 3.04. The highest BCUT2D eigenvalue weighted by Gasteiger charge is 2.31. The van der Waals surface area contributed by atoms with Crippen LogP contribution >= 0.6 is 0 Å². The van der Waals surface area contributed by atoms with Gasteiger partial charge < -0.3 is 15.4 Å². The third-order valence-corrected chi connectivity index (χ3v) is 5.28. The van der Waals surface area contributed by atoms with Crippen molar-refractivity contribution in [2.75, 3.05) is 5.73 Å². The van der Waals surface area contributed by atoms with Crippen molar-refractivity contribution in [1.29, 1.82) is 0 Å². The van der Waals surface area contributed by atoms with Crippen molar-refractivity contribution in [2.24, 2.45) is 7.05 Å². The average molecular weight is 415 g/mol. The molecule has 1 aromatic carbocycles. The van der Waals surface area contributed by atoms with Gasteiger partial charge in [0, 0.05) is 12.6 Å². The second-order valence-electron chi connectivity index (χ2n) is 7.52. The van der Waals surface area contributed by atoms with Gasteiger partial charge >= 0.3 is 6.18 Å². The molecule has 6 nitrogen and oxygen atoms in total. The molecule has 0 radical (unpaired) electrons. The van der Waals surface area contributed by atoms with Gasteiger partial charge in [0.2, 0.25) is 5.82 Å². The van der Waals surface area contributed by atoms with E-state index in [4.69, 9.17) is 5.73 Å². The van der Waals surface area contributed by atoms with E-state index in [2.05, 4.69) is 26.8 Å². The number of nitrogens with two attached hydrogens (primary N) is 1. The van der Waals surface area contributed by atoms with Crippen molar-refractivity contribution in [3.8, 4) is 23.2 Å². The highest BCUT2D eigenvalue weighted by atomic mass is 19.4. The Balaban J connectivity index is 1.76. The predicted molar refractivity (Wildman–Crippen MR) is 106 cm³/mol. The maximum atomic E-state index is 13.1. The number of anilines is 1. The van der Waals surface area contributed by atoms with Gasteiger partial charge in [-0.25, -0.2) is 15.0 Å². The molecule has 1 aliphatic rings. The fraction of sp³-hybridized carbons (Fsp3) is 0.381. The van der Waals surface area contributed by atoms with Gasteiger partial charge in [-0.2, -0.15) is 13.2 Å². The van der Waals surface area contributed by atoms with Crippen molar-refractivity contribution in [1.82, 2.24) is 19.5 Å². The minimum atomic E-state index is -4.46. The summed E-state index contributed by atoms with van der Waals surface area (Å²) in [6.45, 7) is 0. The van der Waals surface area contributed by atoms with E-state index in [1.54, 1.807) is 17.7 Å². The van der Waals surface area contributed by atoms with Crippen LogP contribution in [0.3, 0.4) is 0 Å². The molecule has 1 fully saturated rings. The van der Waals surface area contributed by atoms with E-state index in [-0.39, 0.29) is 28.5 Å². The van der Waals surface area contributed by atoms with Gasteiger partial charge in [-0.15, -0.1) is 0 Å². The lowest BCUT2D eigenvalue weighted by atomic mass is 9.85. The number of alkyl halides is 3. The van der Waals surface area contributed by atoms with Crippen LogP contribution in [-0.2, 0) is 13.2 Å². The van der Waals surface area contributed by atoms with E-state index >= 15 is 0 Å². The van der Waals surface area contributed by atoms with E-state index in [0.717, 1.165) is 31.4 Å². The van der Waals surface area contributed by atoms with Crippen LogP contribution in [0.1, 0.15) is 43.5 Å². The summed E-state index contributed by atoms with van der Waals surface area (Å²) in [5, 5.41) is 10.5. The molecular formula is C21H20F3N5O. The molecule has 30 heavy (non-hydrogen) atoms. The number of imidazole rings is 1. The predicted octanol–water partition coefficient (Wildman–Crippen LogP) is 3.68. The molecule has 156 valence electrons. The SMILES string of the molecule is Cn1c(-c2cccc(C(F)(F)F)c2)nc2c(N)nc(C#CC3(O)CCCCC3)nc21. The molecule has 3 N–H and O–H groups in total. The Morgan fingerprint density at radius 3 is 2.57 bits per heavy atom. The number of aromatic nitrogens is 4. The monoisotopic (exact) mass is 415 g/mol. The summed E-state index contributed by atoms with van der Waals surface area (Å²) in [6.07, 6.45) is -0.356. The number of rotatable bonds is 1. The maximum absolute atomic E-state index is 13.1. The van der Waals surface area contributed by atoms with Crippen LogP contribution in [0.15, 0.2) is 24.3 Å². The van der Waals surface area contributed by atoms with Gasteiger partial charge in [0.25, 0.3) is 0 Å². The molecule has 1 saturated carbocycles. The van der Waals surface area contributed by atoms with E-state index in [1.165, 1.54) is 6.07 Å². The summed E-state index contributed by atoms with van der Waals surface area (Å²) in [4.78, 5) is 12.9. The first-order valence-electron chi connectivity index (χ1n) is 9.59. The summed E-state index contributed by atoms with van der Waals surface area (Å²) in [5.41, 5.74) is 5.13. The Labute approximate surface area is 171 Å². The van der Waals surface area contributed by atoms with Gasteiger partial charge in [0.15, 0.2) is 17.0 Å². The quantitative estimate of drug-likeness (QED) is 0.592. The summed E-state index contributed by atoms with van der Waals surface area (Å²) in [5.74, 6) is 6.16. The standard InChI is InChI=1S/C21H20F3N5O/c1-29-18(13-6-5-7-14(12-13)21(22,23)24)28-16-17(25)26-15(27-19(16)29)8-11-20(30)9-3-2-4-10-20/h5-7,12,30H,2-4,9-10H2,1H3,(H2,25,26,27). The van der Waals surface area contributed by atoms with Crippen LogP contribution < -0.4 is 5.73 Å². The Morgan fingerprint density at radius 1 is 1.13 bits per heavy atom. The highest BCUT2D eigenvalue weighted by Crippen LogP contribution is 2.33. The number of benzene rings is 1. The zero-order valence-electron chi connectivity index (χ0n) is 16.3. The molecule has 3 aromatic rings. The lowest BCUT2D eigenvalue weighted by molar-refractivity contribution is -0.137. The third kappa shape index (κ3) is 3.83. The van der Waals surface area contributed by atoms with E-state index in [9.17, 15) is 18.3 Å². The minimum absolute atomic E-state index is 0.0776. The van der Waals surface area contributed by atoms with Gasteiger partial charge in [-0.1, -0.05) is 24.5 Å². The number of hydrogen-bond donors (Lipinski definition) is 2. The molecule has 0 saturated heterocycles. The van der Waals surface area contributed by atoms with Crippen LogP contribution in [-0.4, -0.2) is 30.2 Å². The molecule has 1 aliphatic carbocycles. The molecule has 2 heterocycles. The van der Waals surface area contributed by atoms with Crippen LogP contribution in [0.25, 0.3) is 22.6 Å². The number of fused-ring (bicyclic) bond motifs is 1. The fourth-order valence-electron chi connectivity index (χ4n) is 3.66. The summed E-state index contributed by atoms with van der Waals surface area (Å²) in [7, 11) is 1.64. The lowest BCUT2D eigenvalue weighted by Crippen LogP contribution is -2.29. The normalized spacial score (nSPS) is 16.3. The molecule has 9 heteroatoms. The smallest absolute Gasteiger partial charge is 0.382 e. The van der Waals surface area contributed by atoms with Crippen molar-refractivity contribution in [3.63, 3.8) is 0 Å². The first-order valence-corrected chi connectivity index (χ1v) is 9.59. The fourth-order valence-corrected chi connectivity index (χ4v) is 3.66. The molecule has 0 aliphatic heterocycles. The van der Waals surface area contributed by atoms with E-state index < -0.39 is 17.3 Å². The van der Waals surface area contributed by atoms with Crippen LogP contribution in [0.2, 0.25) is 0 Å². The molecule has 2 aromatic heterocycles. The van der Waals surface area contributed by atoms with Gasteiger partial charge in [-0.3, -0.25) is 0 Å². The summed E-state index contributed by atoms with van der Waals surface area (Å²) >= 11 is 0. The van der Waals surface area contributed by atoms with Gasteiger partial charge in [-0.05, 0) is 43.7 Å². The number of halogens is 3. The number of aliphatic hydroxyl groups is 1. The van der Waals surface area contributed by atoms with E-state index in [1.807, 2.05) is 0 Å². The first kappa shape index (κ1) is 20.2. The van der Waals surface area contributed by atoms with E-state index in [0.29, 0.717) is 18.5 Å². The molecule has 0 unspecified atom stereocenters. The number of aryl methyl sites for hydroxylation is 1. The summed E-state index contributed by atoms with van der Waals surface area (Å²) < 4.78 is 40.8. The second-order valence-corrected chi connectivity index (χ2v) is 7.52. The molecule has 4 rings (SSSR count). The molecule has 0 amide bonds. The third-order valence-electron chi connectivity index (χ3n) is 5.28. The Hall–Kier alpha value is -3.12. The first-order chi connectivity index (χ1) is 14.2. The second kappa shape index (κ2) is 7.29. The lowest BCUT2D eigenvalue weighted by Gasteiger charge is -2.26. The van der Waals surface area contributed by atoms with Gasteiger partial charge in [0.1, 0.15) is 11.4 Å². The van der Waals surface area contributed by atoms with Crippen LogP contribution in [0.4, 0.5) is 19.0 Å². The topological polar surface area (TPSA) is 89.9 Å². The zero-order chi connectivity index (χ0) is 21.5. The van der Waals surface area contributed by atoms with Crippen molar-refractivity contribution in [3.05, 3.63) is 35.7 Å². The maximum Gasteiger partial charge on any atom is 0.416 e. The van der Waals surface area contributed by atoms with Crippen molar-refractivity contribution >= 4 is 17.0 Å². The molecule has 0 atom stereocenters. The van der Waals surface area contributed by atoms with Crippen LogP contribution in [0, 0.1) is 11.8 Å². The minimum Gasteiger partial charge on any atom is -0.382 e. The molecule has 0 spiro atoms. The number of nitrogens with zero attached hydrogens (tertiary/aromatic N) is 4. The zero-order valence-corrected chi connectivity index (χ0v) is 16.3. The number of hydrogen-bond acceptors (Lipinski definition) is 5. The van der Waals surface area contributed by atoms with Crippen molar-refractivity contribution in [2.45, 2.75) is 43.9 Å². The van der Waals surface area contributed by atoms with Gasteiger partial charge in [0.05, 0.1) is 5.56 Å². The molecule has 0 bridgehead atoms. The largest absolute Gasteiger partial charge is 0.416 e. The number of nitrogen functional groups attached to an aromatic ring is 1. The van der Waals surface area contributed by atoms with Crippen molar-refractivity contribution < 1.29 is 18.3 Å². The Bertz CT molecular complexity index is 1170. The Kier molecular flexibility index (Phi) is 4.90. The Morgan fingerprint density at radius 2 is 1.87 bits per heavy atom. The molecular weight excluding hydrogens is 395 g/mol.